The molecule has 6 heteroatoms. The van der Waals surface area contributed by atoms with Gasteiger partial charge in [0, 0.05) is 24.6 Å². The fraction of sp³-hybridized carbons (Fsp3) is 0.579. The largest absolute Gasteiger partial charge is 0.330 e. The van der Waals surface area contributed by atoms with E-state index in [4.69, 9.17) is 16.6 Å². The van der Waals surface area contributed by atoms with E-state index in [0.29, 0.717) is 6.04 Å². The van der Waals surface area contributed by atoms with Crippen molar-refractivity contribution in [3.63, 3.8) is 0 Å². The molecule has 5 nitrogen and oxygen atoms in total. The van der Waals surface area contributed by atoms with Crippen LogP contribution in [0.2, 0.25) is 5.02 Å². The van der Waals surface area contributed by atoms with Gasteiger partial charge in [0.1, 0.15) is 5.82 Å². The summed E-state index contributed by atoms with van der Waals surface area (Å²) in [6.45, 7) is 2.32. The van der Waals surface area contributed by atoms with Crippen molar-refractivity contribution >= 4 is 11.6 Å². The van der Waals surface area contributed by atoms with Gasteiger partial charge in [0.15, 0.2) is 0 Å². The minimum Gasteiger partial charge on any atom is -0.330 e. The first-order valence-electron chi connectivity index (χ1n) is 9.30. The molecule has 2 aromatic heterocycles. The van der Waals surface area contributed by atoms with E-state index in [2.05, 4.69) is 33.0 Å². The second-order valence-electron chi connectivity index (χ2n) is 7.30. The molecule has 2 atom stereocenters. The molecule has 4 rings (SSSR count). The lowest BCUT2D eigenvalue weighted by atomic mass is 9.95. The number of hydrogen-bond acceptors (Lipinski definition) is 4. The highest BCUT2D eigenvalue weighted by Gasteiger charge is 2.30. The Labute approximate surface area is 154 Å². The fourth-order valence-electron chi connectivity index (χ4n) is 4.19. The number of hydrogen-bond donors (Lipinski definition) is 1. The zero-order valence-electron chi connectivity index (χ0n) is 14.7. The first kappa shape index (κ1) is 17.0. The molecule has 2 aliphatic rings. The summed E-state index contributed by atoms with van der Waals surface area (Å²) >= 11 is 6.37. The Bertz CT molecular complexity index is 707. The Kier molecular flexibility index (Phi) is 5.06. The van der Waals surface area contributed by atoms with E-state index in [1.54, 1.807) is 0 Å². The minimum atomic E-state index is 0.204. The molecule has 0 aromatic carbocycles. The summed E-state index contributed by atoms with van der Waals surface area (Å²) in [4.78, 5) is 11.6. The van der Waals surface area contributed by atoms with Gasteiger partial charge in [-0.15, -0.1) is 0 Å². The predicted molar refractivity (Wildman–Crippen MR) is 99.7 cm³/mol. The van der Waals surface area contributed by atoms with E-state index >= 15 is 0 Å². The molecule has 0 radical (unpaired) electrons. The Morgan fingerprint density at radius 1 is 1.08 bits per heavy atom. The quantitative estimate of drug-likeness (QED) is 0.906. The standard InChI is InChI=1S/C19H26ClN5/c1-24-11-7-14(8-12-24)25-13-10-22-19(25)17-6-2-5-16(23-17)18-15(20)4-3-9-21-18/h3-4,9-10,13-14,16-17,23H,2,5-8,11-12H2,1H3/t16-,17+/m0/s1. The molecule has 1 N–H and O–H groups in total. The molecular formula is C19H26ClN5. The Balaban J connectivity index is 1.53. The molecule has 0 amide bonds. The zero-order valence-corrected chi connectivity index (χ0v) is 15.5. The SMILES string of the molecule is CN1CCC(n2ccnc2[C@H]2CCC[C@@H](c3ncccc3Cl)N2)CC1. The van der Waals surface area contributed by atoms with Gasteiger partial charge in [0.2, 0.25) is 0 Å². The van der Waals surface area contributed by atoms with Crippen LogP contribution in [-0.2, 0) is 0 Å². The van der Waals surface area contributed by atoms with Gasteiger partial charge in [-0.3, -0.25) is 10.3 Å². The normalized spacial score (nSPS) is 26.0. The number of nitrogens with one attached hydrogen (secondary N) is 1. The molecule has 2 aromatic rings. The number of imidazole rings is 1. The highest BCUT2D eigenvalue weighted by atomic mass is 35.5. The van der Waals surface area contributed by atoms with Crippen LogP contribution in [0, 0.1) is 0 Å². The van der Waals surface area contributed by atoms with Gasteiger partial charge in [-0.25, -0.2) is 4.98 Å². The van der Waals surface area contributed by atoms with Crippen LogP contribution in [0.1, 0.15) is 61.7 Å². The van der Waals surface area contributed by atoms with Crippen molar-refractivity contribution in [1.82, 2.24) is 24.8 Å². The molecule has 0 saturated carbocycles. The van der Waals surface area contributed by atoms with E-state index in [0.717, 1.165) is 43.1 Å². The number of aromatic nitrogens is 3. The Hall–Kier alpha value is -1.43. The van der Waals surface area contributed by atoms with Crippen molar-refractivity contribution in [2.24, 2.45) is 0 Å². The third-order valence-corrected chi connectivity index (χ3v) is 5.92. The molecule has 2 aliphatic heterocycles. The summed E-state index contributed by atoms with van der Waals surface area (Å²) in [6.07, 6.45) is 11.7. The lowest BCUT2D eigenvalue weighted by Gasteiger charge is -2.34. The fourth-order valence-corrected chi connectivity index (χ4v) is 4.44. The van der Waals surface area contributed by atoms with Crippen LogP contribution in [0.15, 0.2) is 30.7 Å². The lowest BCUT2D eigenvalue weighted by molar-refractivity contribution is 0.212. The molecule has 0 bridgehead atoms. The van der Waals surface area contributed by atoms with Gasteiger partial charge < -0.3 is 9.47 Å². The zero-order chi connectivity index (χ0) is 17.2. The first-order chi connectivity index (χ1) is 12.2. The van der Waals surface area contributed by atoms with Gasteiger partial charge in [0.25, 0.3) is 0 Å². The number of pyridine rings is 1. The number of likely N-dealkylation sites (tertiary alicyclic amines) is 1. The van der Waals surface area contributed by atoms with Crippen LogP contribution in [0.5, 0.6) is 0 Å². The van der Waals surface area contributed by atoms with E-state index in [1.165, 1.54) is 18.7 Å². The highest BCUT2D eigenvalue weighted by molar-refractivity contribution is 6.31. The van der Waals surface area contributed by atoms with E-state index in [1.807, 2.05) is 24.5 Å². The van der Waals surface area contributed by atoms with Crippen molar-refractivity contribution in [3.8, 4) is 0 Å². The van der Waals surface area contributed by atoms with E-state index in [-0.39, 0.29) is 12.1 Å². The van der Waals surface area contributed by atoms with Crippen molar-refractivity contribution in [3.05, 3.63) is 47.3 Å². The van der Waals surface area contributed by atoms with E-state index < -0.39 is 0 Å². The number of halogens is 1. The third kappa shape index (κ3) is 3.59. The average Bonchev–Trinajstić information content (AvgIpc) is 3.13. The third-order valence-electron chi connectivity index (χ3n) is 5.60. The second kappa shape index (κ2) is 7.44. The summed E-state index contributed by atoms with van der Waals surface area (Å²) in [6, 6.07) is 4.85. The monoisotopic (exact) mass is 359 g/mol. The minimum absolute atomic E-state index is 0.204. The molecule has 2 fully saturated rings. The smallest absolute Gasteiger partial charge is 0.126 e. The lowest BCUT2D eigenvalue weighted by Crippen LogP contribution is -2.36. The summed E-state index contributed by atoms with van der Waals surface area (Å²) in [5, 5.41) is 4.51. The van der Waals surface area contributed by atoms with Crippen molar-refractivity contribution in [1.29, 1.82) is 0 Å². The summed E-state index contributed by atoms with van der Waals surface area (Å²) in [7, 11) is 2.20. The van der Waals surface area contributed by atoms with Gasteiger partial charge in [0.05, 0.1) is 22.8 Å². The van der Waals surface area contributed by atoms with Gasteiger partial charge in [-0.2, -0.15) is 0 Å². The van der Waals surface area contributed by atoms with Crippen LogP contribution in [0.3, 0.4) is 0 Å². The second-order valence-corrected chi connectivity index (χ2v) is 7.71. The predicted octanol–water partition coefficient (Wildman–Crippen LogP) is 3.75. The number of rotatable bonds is 3. The maximum Gasteiger partial charge on any atom is 0.126 e. The summed E-state index contributed by atoms with van der Waals surface area (Å²) < 4.78 is 2.41. The van der Waals surface area contributed by atoms with Crippen LogP contribution >= 0.6 is 11.6 Å². The highest BCUT2D eigenvalue weighted by Crippen LogP contribution is 2.35. The van der Waals surface area contributed by atoms with Crippen molar-refractivity contribution < 1.29 is 0 Å². The Morgan fingerprint density at radius 3 is 2.68 bits per heavy atom. The van der Waals surface area contributed by atoms with E-state index in [9.17, 15) is 0 Å². The Morgan fingerprint density at radius 2 is 1.88 bits per heavy atom. The molecule has 2 saturated heterocycles. The van der Waals surface area contributed by atoms with Gasteiger partial charge in [-0.05, 0) is 64.4 Å². The maximum absolute atomic E-state index is 6.37. The van der Waals surface area contributed by atoms with Crippen LogP contribution < -0.4 is 5.32 Å². The molecule has 4 heterocycles. The number of piperidine rings is 2. The first-order valence-corrected chi connectivity index (χ1v) is 9.68. The van der Waals surface area contributed by atoms with Gasteiger partial charge >= 0.3 is 0 Å². The maximum atomic E-state index is 6.37. The molecular weight excluding hydrogens is 334 g/mol. The molecule has 134 valence electrons. The molecule has 25 heavy (non-hydrogen) atoms. The number of nitrogens with zero attached hydrogens (tertiary/aromatic N) is 4. The summed E-state index contributed by atoms with van der Waals surface area (Å²) in [5.74, 6) is 1.17. The topological polar surface area (TPSA) is 46.0 Å². The molecule has 0 aliphatic carbocycles. The van der Waals surface area contributed by atoms with Crippen molar-refractivity contribution in [2.75, 3.05) is 20.1 Å². The van der Waals surface area contributed by atoms with Crippen LogP contribution in [0.25, 0.3) is 0 Å². The van der Waals surface area contributed by atoms with Crippen molar-refractivity contribution in [2.45, 2.75) is 50.2 Å². The molecule has 0 unspecified atom stereocenters. The summed E-state index contributed by atoms with van der Waals surface area (Å²) in [5.41, 5.74) is 0.964. The molecule has 0 spiro atoms. The average molecular weight is 360 g/mol. The van der Waals surface area contributed by atoms with Gasteiger partial charge in [-0.1, -0.05) is 11.6 Å². The van der Waals surface area contributed by atoms with Crippen LogP contribution in [-0.4, -0.2) is 39.6 Å². The van der Waals surface area contributed by atoms with Crippen LogP contribution in [0.4, 0.5) is 0 Å².